The average molecular weight is 588 g/mol. The van der Waals surface area contributed by atoms with Crippen LogP contribution in [0.2, 0.25) is 5.02 Å². The Bertz CT molecular complexity index is 1060. The molecule has 0 aromatic heterocycles. The molecule has 0 bridgehead atoms. The fourth-order valence-electron chi connectivity index (χ4n) is 6.90. The van der Waals surface area contributed by atoms with Gasteiger partial charge in [-0.3, -0.25) is 19.3 Å². The van der Waals surface area contributed by atoms with E-state index in [1.165, 1.54) is 6.42 Å². The molecular weight excluding hydrogens is 538 g/mol. The first kappa shape index (κ1) is 31.8. The van der Waals surface area contributed by atoms with Gasteiger partial charge in [-0.05, 0) is 84.2 Å². The van der Waals surface area contributed by atoms with Crippen LogP contribution in [0.25, 0.3) is 0 Å². The van der Waals surface area contributed by atoms with E-state index in [0.29, 0.717) is 49.8 Å². The van der Waals surface area contributed by atoms with Crippen LogP contribution in [0.3, 0.4) is 0 Å². The lowest BCUT2D eigenvalue weighted by Crippen LogP contribution is -2.61. The Morgan fingerprint density at radius 2 is 1.61 bits per heavy atom. The van der Waals surface area contributed by atoms with Crippen molar-refractivity contribution >= 4 is 29.3 Å². The number of piperazine rings is 1. The molecule has 0 spiro atoms. The summed E-state index contributed by atoms with van der Waals surface area (Å²) in [5.74, 6) is 0.289. The predicted molar refractivity (Wildman–Crippen MR) is 164 cm³/mol. The molecule has 41 heavy (non-hydrogen) atoms. The van der Waals surface area contributed by atoms with Crippen LogP contribution in [0, 0.1) is 11.3 Å². The standard InChI is InChI=1S/C32H50ClN5O3/c1-31(2,3)35-30(41)32(24-9-7-6-8-10-24)15-17-38(18-16-32)29(40)26(21-23-11-13-25(33)14-12-23)34-28(39)27-22-36(4)19-20-37(27)5/h11-14,24,26-27H,6-10,15-22H2,1-5H3,(H,34,39)(H,35,41)/t26-,27-/m1/s1. The van der Waals surface area contributed by atoms with Crippen LogP contribution in [-0.2, 0) is 20.8 Å². The highest BCUT2D eigenvalue weighted by Crippen LogP contribution is 2.46. The van der Waals surface area contributed by atoms with E-state index >= 15 is 0 Å². The van der Waals surface area contributed by atoms with E-state index in [4.69, 9.17) is 11.6 Å². The van der Waals surface area contributed by atoms with Crippen molar-refractivity contribution in [3.63, 3.8) is 0 Å². The first-order valence-electron chi connectivity index (χ1n) is 15.4. The average Bonchev–Trinajstić information content (AvgIpc) is 2.94. The lowest BCUT2D eigenvalue weighted by atomic mass is 9.63. The summed E-state index contributed by atoms with van der Waals surface area (Å²) in [5, 5.41) is 7.04. The summed E-state index contributed by atoms with van der Waals surface area (Å²) in [6.07, 6.45) is 7.41. The zero-order valence-corrected chi connectivity index (χ0v) is 26.4. The fourth-order valence-corrected chi connectivity index (χ4v) is 7.03. The molecule has 1 aliphatic carbocycles. The highest BCUT2D eigenvalue weighted by molar-refractivity contribution is 6.30. The molecule has 1 aromatic rings. The first-order valence-corrected chi connectivity index (χ1v) is 15.8. The number of nitrogens with zero attached hydrogens (tertiary/aromatic N) is 3. The van der Waals surface area contributed by atoms with Gasteiger partial charge in [0.05, 0.1) is 5.41 Å². The molecule has 0 unspecified atom stereocenters. The summed E-state index contributed by atoms with van der Waals surface area (Å²) >= 11 is 6.12. The van der Waals surface area contributed by atoms with E-state index in [2.05, 4.69) is 20.4 Å². The van der Waals surface area contributed by atoms with Gasteiger partial charge in [0, 0.05) is 49.7 Å². The van der Waals surface area contributed by atoms with E-state index < -0.39 is 11.5 Å². The number of carbonyl (C=O) groups excluding carboxylic acids is 3. The SMILES string of the molecule is CN1CCN(C)[C@@H](C(=O)N[C@H](Cc2ccc(Cl)cc2)C(=O)N2CCC(C(=O)NC(C)(C)C)(C3CCCCC3)CC2)C1. The quantitative estimate of drug-likeness (QED) is 0.508. The Kier molecular flexibility index (Phi) is 10.4. The van der Waals surface area contributed by atoms with Crippen LogP contribution in [0.4, 0.5) is 0 Å². The van der Waals surface area contributed by atoms with E-state index in [0.717, 1.165) is 44.3 Å². The van der Waals surface area contributed by atoms with Gasteiger partial charge in [0.2, 0.25) is 17.7 Å². The van der Waals surface area contributed by atoms with Gasteiger partial charge in [-0.25, -0.2) is 0 Å². The van der Waals surface area contributed by atoms with Crippen LogP contribution in [0.5, 0.6) is 0 Å². The predicted octanol–water partition coefficient (Wildman–Crippen LogP) is 3.72. The lowest BCUT2D eigenvalue weighted by Gasteiger charge is -2.48. The monoisotopic (exact) mass is 587 g/mol. The summed E-state index contributed by atoms with van der Waals surface area (Å²) in [6, 6.07) is 6.47. The molecule has 2 saturated heterocycles. The number of hydrogen-bond acceptors (Lipinski definition) is 5. The Balaban J connectivity index is 1.51. The second kappa shape index (κ2) is 13.4. The minimum Gasteiger partial charge on any atom is -0.351 e. The summed E-state index contributed by atoms with van der Waals surface area (Å²) in [5.41, 5.74) is 0.190. The summed E-state index contributed by atoms with van der Waals surface area (Å²) < 4.78 is 0. The van der Waals surface area contributed by atoms with Crippen LogP contribution in [0.1, 0.15) is 71.3 Å². The second-order valence-electron chi connectivity index (χ2n) is 13.7. The van der Waals surface area contributed by atoms with Crippen LogP contribution < -0.4 is 10.6 Å². The molecule has 4 rings (SSSR count). The third-order valence-electron chi connectivity index (χ3n) is 9.42. The van der Waals surface area contributed by atoms with Crippen molar-refractivity contribution in [1.82, 2.24) is 25.3 Å². The molecule has 3 aliphatic rings. The molecule has 228 valence electrons. The Hall–Kier alpha value is -2.16. The summed E-state index contributed by atoms with van der Waals surface area (Å²) in [6.45, 7) is 9.47. The van der Waals surface area contributed by atoms with Gasteiger partial charge in [0.15, 0.2) is 0 Å². The second-order valence-corrected chi connectivity index (χ2v) is 14.1. The topological polar surface area (TPSA) is 85.0 Å². The largest absolute Gasteiger partial charge is 0.351 e. The number of likely N-dealkylation sites (tertiary alicyclic amines) is 1. The summed E-state index contributed by atoms with van der Waals surface area (Å²) in [4.78, 5) is 47.5. The van der Waals surface area contributed by atoms with Crippen molar-refractivity contribution in [2.24, 2.45) is 11.3 Å². The highest BCUT2D eigenvalue weighted by Gasteiger charge is 2.49. The number of halogens is 1. The maximum Gasteiger partial charge on any atom is 0.245 e. The molecule has 9 heteroatoms. The number of rotatable bonds is 7. The number of benzene rings is 1. The van der Waals surface area contributed by atoms with Gasteiger partial charge in [0.25, 0.3) is 0 Å². The molecule has 1 saturated carbocycles. The number of amides is 3. The van der Waals surface area contributed by atoms with E-state index in [1.807, 2.05) is 64.0 Å². The minimum absolute atomic E-state index is 0.0754. The van der Waals surface area contributed by atoms with Crippen LogP contribution in [-0.4, -0.2) is 96.9 Å². The van der Waals surface area contributed by atoms with Crippen molar-refractivity contribution in [2.75, 3.05) is 46.8 Å². The summed E-state index contributed by atoms with van der Waals surface area (Å²) in [7, 11) is 3.98. The van der Waals surface area contributed by atoms with Gasteiger partial charge >= 0.3 is 0 Å². The zero-order valence-electron chi connectivity index (χ0n) is 25.7. The highest BCUT2D eigenvalue weighted by atomic mass is 35.5. The van der Waals surface area contributed by atoms with Crippen molar-refractivity contribution < 1.29 is 14.4 Å². The molecule has 2 N–H and O–H groups in total. The number of hydrogen-bond donors (Lipinski definition) is 2. The van der Waals surface area contributed by atoms with Crippen LogP contribution >= 0.6 is 11.6 Å². The van der Waals surface area contributed by atoms with Gasteiger partial charge in [-0.2, -0.15) is 0 Å². The third kappa shape index (κ3) is 8.02. The molecule has 2 aliphatic heterocycles. The number of piperidine rings is 1. The zero-order chi connectivity index (χ0) is 29.8. The number of nitrogens with one attached hydrogen (secondary N) is 2. The molecule has 2 heterocycles. The Morgan fingerprint density at radius 3 is 2.22 bits per heavy atom. The van der Waals surface area contributed by atoms with Gasteiger partial charge in [-0.15, -0.1) is 0 Å². The fraction of sp³-hybridized carbons (Fsp3) is 0.719. The van der Waals surface area contributed by atoms with Gasteiger partial charge < -0.3 is 20.4 Å². The number of likely N-dealkylation sites (N-methyl/N-ethyl adjacent to an activating group) is 2. The number of carbonyl (C=O) groups is 3. The van der Waals surface area contributed by atoms with Crippen molar-refractivity contribution in [3.05, 3.63) is 34.9 Å². The Morgan fingerprint density at radius 1 is 0.976 bits per heavy atom. The van der Waals surface area contributed by atoms with Crippen LogP contribution in [0.15, 0.2) is 24.3 Å². The smallest absolute Gasteiger partial charge is 0.245 e. The van der Waals surface area contributed by atoms with Gasteiger partial charge in [0.1, 0.15) is 12.1 Å². The van der Waals surface area contributed by atoms with E-state index in [9.17, 15) is 14.4 Å². The van der Waals surface area contributed by atoms with Crippen molar-refractivity contribution in [3.8, 4) is 0 Å². The first-order chi connectivity index (χ1) is 19.4. The normalized spacial score (nSPS) is 23.6. The minimum atomic E-state index is -0.685. The maximum absolute atomic E-state index is 14.1. The van der Waals surface area contributed by atoms with E-state index in [1.54, 1.807) is 0 Å². The molecule has 1 aromatic carbocycles. The Labute approximate surface area is 251 Å². The van der Waals surface area contributed by atoms with Crippen molar-refractivity contribution in [1.29, 1.82) is 0 Å². The molecule has 3 fully saturated rings. The third-order valence-corrected chi connectivity index (χ3v) is 9.67. The van der Waals surface area contributed by atoms with Gasteiger partial charge in [-0.1, -0.05) is 43.0 Å². The lowest BCUT2D eigenvalue weighted by molar-refractivity contribution is -0.147. The molecule has 8 nitrogen and oxygen atoms in total. The van der Waals surface area contributed by atoms with E-state index in [-0.39, 0.29) is 29.3 Å². The molecule has 0 radical (unpaired) electrons. The molecule has 3 amide bonds. The maximum atomic E-state index is 14.1. The van der Waals surface area contributed by atoms with Crippen molar-refractivity contribution in [2.45, 2.75) is 89.8 Å². The molecule has 2 atom stereocenters. The molecular formula is C32H50ClN5O3.